The van der Waals surface area contributed by atoms with Gasteiger partial charge in [-0.1, -0.05) is 36.7 Å². The average Bonchev–Trinajstić information content (AvgIpc) is 2.43. The van der Waals surface area contributed by atoms with Gasteiger partial charge in [0, 0.05) is 30.8 Å². The van der Waals surface area contributed by atoms with Gasteiger partial charge in [0.15, 0.2) is 0 Å². The second-order valence-corrected chi connectivity index (χ2v) is 4.96. The van der Waals surface area contributed by atoms with Crippen LogP contribution in [0.3, 0.4) is 0 Å². The molecule has 0 spiro atoms. The third-order valence-electron chi connectivity index (χ3n) is 3.26. The summed E-state index contributed by atoms with van der Waals surface area (Å²) in [6.07, 6.45) is 0.906. The summed E-state index contributed by atoms with van der Waals surface area (Å²) >= 11 is 6.16. The standard InChI is InChI=1S/C15H25ClN2O/c1-3-18(11-12-19-4-2)10-9-15(17)13-7-5-6-8-14(13)16/h5-8,15H,3-4,9-12,17H2,1-2H3. The fourth-order valence-corrected chi connectivity index (χ4v) is 2.29. The number of hydrogen-bond donors (Lipinski definition) is 1. The van der Waals surface area contributed by atoms with Crippen molar-refractivity contribution in [2.24, 2.45) is 5.73 Å². The summed E-state index contributed by atoms with van der Waals surface area (Å²) in [7, 11) is 0. The number of nitrogens with zero attached hydrogens (tertiary/aromatic N) is 1. The van der Waals surface area contributed by atoms with Crippen LogP contribution < -0.4 is 5.73 Å². The predicted octanol–water partition coefficient (Wildman–Crippen LogP) is 3.09. The first kappa shape index (κ1) is 16.4. The minimum Gasteiger partial charge on any atom is -0.380 e. The van der Waals surface area contributed by atoms with E-state index in [1.165, 1.54) is 0 Å². The van der Waals surface area contributed by atoms with Gasteiger partial charge in [-0.05, 0) is 31.5 Å². The average molecular weight is 285 g/mol. The Morgan fingerprint density at radius 2 is 2.00 bits per heavy atom. The molecule has 0 aliphatic carbocycles. The van der Waals surface area contributed by atoms with Gasteiger partial charge in [-0.3, -0.25) is 0 Å². The maximum Gasteiger partial charge on any atom is 0.0593 e. The zero-order chi connectivity index (χ0) is 14.1. The van der Waals surface area contributed by atoms with Crippen molar-refractivity contribution in [2.45, 2.75) is 26.3 Å². The summed E-state index contributed by atoms with van der Waals surface area (Å²) < 4.78 is 5.38. The van der Waals surface area contributed by atoms with E-state index in [1.807, 2.05) is 31.2 Å². The first-order valence-corrected chi connectivity index (χ1v) is 7.36. The van der Waals surface area contributed by atoms with E-state index >= 15 is 0 Å². The van der Waals surface area contributed by atoms with Gasteiger partial charge in [-0.15, -0.1) is 0 Å². The number of ether oxygens (including phenoxy) is 1. The molecule has 1 aromatic rings. The Hall–Kier alpha value is -0.610. The lowest BCUT2D eigenvalue weighted by molar-refractivity contribution is 0.114. The molecule has 0 fully saturated rings. The quantitative estimate of drug-likeness (QED) is 0.708. The normalized spacial score (nSPS) is 12.9. The van der Waals surface area contributed by atoms with Gasteiger partial charge in [0.05, 0.1) is 6.61 Å². The minimum atomic E-state index is -0.00477. The van der Waals surface area contributed by atoms with Crippen LogP contribution in [0.4, 0.5) is 0 Å². The van der Waals surface area contributed by atoms with E-state index in [9.17, 15) is 0 Å². The van der Waals surface area contributed by atoms with Crippen LogP contribution in [0.25, 0.3) is 0 Å². The Morgan fingerprint density at radius 3 is 2.63 bits per heavy atom. The van der Waals surface area contributed by atoms with Gasteiger partial charge in [-0.2, -0.15) is 0 Å². The van der Waals surface area contributed by atoms with Gasteiger partial charge in [0.25, 0.3) is 0 Å². The van der Waals surface area contributed by atoms with Gasteiger partial charge in [-0.25, -0.2) is 0 Å². The third-order valence-corrected chi connectivity index (χ3v) is 3.61. The van der Waals surface area contributed by atoms with Crippen molar-refractivity contribution in [3.63, 3.8) is 0 Å². The van der Waals surface area contributed by atoms with E-state index in [0.29, 0.717) is 0 Å². The molecule has 1 atom stereocenters. The summed E-state index contributed by atoms with van der Waals surface area (Å²) in [5, 5.41) is 0.757. The van der Waals surface area contributed by atoms with Crippen LogP contribution >= 0.6 is 11.6 Å². The predicted molar refractivity (Wildman–Crippen MR) is 81.6 cm³/mol. The summed E-state index contributed by atoms with van der Waals surface area (Å²) in [5.74, 6) is 0. The van der Waals surface area contributed by atoms with Crippen LogP contribution in [0.2, 0.25) is 5.02 Å². The second kappa shape index (κ2) is 9.32. The lowest BCUT2D eigenvalue weighted by atomic mass is 10.0. The molecule has 0 radical (unpaired) electrons. The molecule has 0 bridgehead atoms. The molecule has 0 heterocycles. The highest BCUT2D eigenvalue weighted by Gasteiger charge is 2.11. The highest BCUT2D eigenvalue weighted by atomic mass is 35.5. The summed E-state index contributed by atoms with van der Waals surface area (Å²) in [6, 6.07) is 7.80. The largest absolute Gasteiger partial charge is 0.380 e. The molecule has 108 valence electrons. The summed E-state index contributed by atoms with van der Waals surface area (Å²) in [6.45, 7) is 8.68. The Labute approximate surface area is 121 Å². The van der Waals surface area contributed by atoms with Crippen molar-refractivity contribution in [1.29, 1.82) is 0 Å². The van der Waals surface area contributed by atoms with E-state index in [0.717, 1.165) is 49.9 Å². The molecule has 1 rings (SSSR count). The van der Waals surface area contributed by atoms with Crippen LogP contribution in [-0.2, 0) is 4.74 Å². The molecule has 1 aromatic carbocycles. The fraction of sp³-hybridized carbons (Fsp3) is 0.600. The van der Waals surface area contributed by atoms with Gasteiger partial charge >= 0.3 is 0 Å². The Morgan fingerprint density at radius 1 is 1.26 bits per heavy atom. The molecule has 2 N–H and O–H groups in total. The maximum atomic E-state index is 6.21. The molecule has 0 aliphatic heterocycles. The van der Waals surface area contributed by atoms with Gasteiger partial charge < -0.3 is 15.4 Å². The maximum absolute atomic E-state index is 6.21. The summed E-state index contributed by atoms with van der Waals surface area (Å²) in [4.78, 5) is 2.35. The minimum absolute atomic E-state index is 0.00477. The zero-order valence-corrected chi connectivity index (χ0v) is 12.7. The van der Waals surface area contributed by atoms with Crippen molar-refractivity contribution in [3.8, 4) is 0 Å². The van der Waals surface area contributed by atoms with Gasteiger partial charge in [0.1, 0.15) is 0 Å². The molecule has 0 aromatic heterocycles. The van der Waals surface area contributed by atoms with Crippen LogP contribution in [0.5, 0.6) is 0 Å². The van der Waals surface area contributed by atoms with Crippen molar-refractivity contribution < 1.29 is 4.74 Å². The Kier molecular flexibility index (Phi) is 8.07. The van der Waals surface area contributed by atoms with Gasteiger partial charge in [0.2, 0.25) is 0 Å². The first-order chi connectivity index (χ1) is 9.19. The van der Waals surface area contributed by atoms with E-state index < -0.39 is 0 Å². The number of rotatable bonds is 9. The lowest BCUT2D eigenvalue weighted by Crippen LogP contribution is -2.30. The van der Waals surface area contributed by atoms with Crippen molar-refractivity contribution >= 4 is 11.6 Å². The SMILES string of the molecule is CCOCCN(CC)CCC(N)c1ccccc1Cl. The van der Waals surface area contributed by atoms with Crippen LogP contribution in [0.1, 0.15) is 31.9 Å². The number of benzene rings is 1. The van der Waals surface area contributed by atoms with E-state index in [1.54, 1.807) is 0 Å². The molecule has 0 saturated carbocycles. The smallest absolute Gasteiger partial charge is 0.0593 e. The first-order valence-electron chi connectivity index (χ1n) is 6.99. The molecule has 1 unspecified atom stereocenters. The van der Waals surface area contributed by atoms with Crippen LogP contribution in [0, 0.1) is 0 Å². The molecule has 0 aliphatic rings. The van der Waals surface area contributed by atoms with Crippen molar-refractivity contribution in [3.05, 3.63) is 34.9 Å². The van der Waals surface area contributed by atoms with Crippen LogP contribution in [0.15, 0.2) is 24.3 Å². The van der Waals surface area contributed by atoms with E-state index in [2.05, 4.69) is 11.8 Å². The van der Waals surface area contributed by atoms with Crippen LogP contribution in [-0.4, -0.2) is 37.7 Å². The third kappa shape index (κ3) is 5.91. The molecule has 3 nitrogen and oxygen atoms in total. The topological polar surface area (TPSA) is 38.5 Å². The highest BCUT2D eigenvalue weighted by Crippen LogP contribution is 2.23. The number of halogens is 1. The molecule has 0 amide bonds. The van der Waals surface area contributed by atoms with E-state index in [-0.39, 0.29) is 6.04 Å². The number of likely N-dealkylation sites (N-methyl/N-ethyl adjacent to an activating group) is 1. The fourth-order valence-electron chi connectivity index (χ4n) is 2.02. The lowest BCUT2D eigenvalue weighted by Gasteiger charge is -2.22. The highest BCUT2D eigenvalue weighted by molar-refractivity contribution is 6.31. The number of nitrogens with two attached hydrogens (primary N) is 1. The Balaban J connectivity index is 2.39. The number of hydrogen-bond acceptors (Lipinski definition) is 3. The molecule has 19 heavy (non-hydrogen) atoms. The molecular weight excluding hydrogens is 260 g/mol. The summed E-state index contributed by atoms with van der Waals surface area (Å²) in [5.41, 5.74) is 7.24. The Bertz CT molecular complexity index is 360. The molecule has 4 heteroatoms. The monoisotopic (exact) mass is 284 g/mol. The van der Waals surface area contributed by atoms with Crippen molar-refractivity contribution in [2.75, 3.05) is 32.8 Å². The molecule has 0 saturated heterocycles. The second-order valence-electron chi connectivity index (χ2n) is 4.55. The van der Waals surface area contributed by atoms with E-state index in [4.69, 9.17) is 22.1 Å². The zero-order valence-electron chi connectivity index (χ0n) is 11.9. The van der Waals surface area contributed by atoms with Crippen molar-refractivity contribution in [1.82, 2.24) is 4.90 Å². The molecular formula is C15H25ClN2O.